The van der Waals surface area contributed by atoms with Crippen molar-refractivity contribution < 1.29 is 9.90 Å². The number of likely N-dealkylation sites (tertiary alicyclic amines) is 1. The van der Waals surface area contributed by atoms with E-state index in [-0.39, 0.29) is 17.4 Å². The topological polar surface area (TPSA) is 40.5 Å². The number of nitrogens with zero attached hydrogens (tertiary/aromatic N) is 1. The molecule has 12 heavy (non-hydrogen) atoms. The van der Waals surface area contributed by atoms with Crippen molar-refractivity contribution in [2.24, 2.45) is 5.41 Å². The molecular formula is C9H17NO2. The van der Waals surface area contributed by atoms with Crippen molar-refractivity contribution in [3.63, 3.8) is 0 Å². The first-order valence-electron chi connectivity index (χ1n) is 4.35. The van der Waals surface area contributed by atoms with Crippen molar-refractivity contribution in [3.05, 3.63) is 0 Å². The van der Waals surface area contributed by atoms with Gasteiger partial charge in [0.25, 0.3) is 0 Å². The maximum atomic E-state index is 11.4. The molecule has 1 fully saturated rings. The van der Waals surface area contributed by atoms with Crippen LogP contribution in [0.1, 0.15) is 34.1 Å². The minimum atomic E-state index is -0.620. The van der Waals surface area contributed by atoms with Gasteiger partial charge >= 0.3 is 0 Å². The Balaban J connectivity index is 2.85. The summed E-state index contributed by atoms with van der Waals surface area (Å²) in [6, 6.07) is 0.0919. The van der Waals surface area contributed by atoms with Crippen LogP contribution >= 0.6 is 0 Å². The molecule has 0 aromatic carbocycles. The Labute approximate surface area is 73.4 Å². The summed E-state index contributed by atoms with van der Waals surface area (Å²) in [7, 11) is 0. The van der Waals surface area contributed by atoms with E-state index in [1.54, 1.807) is 4.90 Å². The summed E-state index contributed by atoms with van der Waals surface area (Å²) >= 11 is 0. The van der Waals surface area contributed by atoms with Gasteiger partial charge in [0, 0.05) is 17.9 Å². The minimum absolute atomic E-state index is 0.0579. The van der Waals surface area contributed by atoms with Crippen molar-refractivity contribution >= 4 is 5.91 Å². The molecule has 0 radical (unpaired) electrons. The predicted molar refractivity (Wildman–Crippen MR) is 46.4 cm³/mol. The van der Waals surface area contributed by atoms with E-state index in [2.05, 4.69) is 0 Å². The third-order valence-electron chi connectivity index (χ3n) is 2.41. The van der Waals surface area contributed by atoms with Gasteiger partial charge < -0.3 is 10.0 Å². The first kappa shape index (κ1) is 9.52. The lowest BCUT2D eigenvalue weighted by Gasteiger charge is -2.30. The van der Waals surface area contributed by atoms with Crippen LogP contribution in [0.15, 0.2) is 0 Å². The second-order valence-corrected chi connectivity index (χ2v) is 4.43. The highest BCUT2D eigenvalue weighted by Crippen LogP contribution is 2.36. The smallest absolute Gasteiger partial charge is 0.225 e. The van der Waals surface area contributed by atoms with Gasteiger partial charge in [-0.3, -0.25) is 4.79 Å². The van der Waals surface area contributed by atoms with Gasteiger partial charge in [-0.2, -0.15) is 0 Å². The fourth-order valence-corrected chi connectivity index (χ4v) is 1.66. The summed E-state index contributed by atoms with van der Waals surface area (Å²) in [6.45, 7) is 7.67. The Hall–Kier alpha value is -0.570. The Bertz CT molecular complexity index is 199. The maximum Gasteiger partial charge on any atom is 0.225 e. The molecule has 70 valence electrons. The fourth-order valence-electron chi connectivity index (χ4n) is 1.66. The fraction of sp³-hybridized carbons (Fsp3) is 0.889. The standard InChI is InChI=1S/C9H17NO2/c1-6(2)10-7(11)5-9(3,4)8(10)12/h6,8,12H,5H2,1-4H3. The molecule has 1 amide bonds. The monoisotopic (exact) mass is 171 g/mol. The Morgan fingerprint density at radius 3 is 2.25 bits per heavy atom. The molecule has 1 unspecified atom stereocenters. The Morgan fingerprint density at radius 1 is 1.58 bits per heavy atom. The first-order valence-corrected chi connectivity index (χ1v) is 4.35. The number of aliphatic hydroxyl groups is 1. The molecule has 1 rings (SSSR count). The van der Waals surface area contributed by atoms with Gasteiger partial charge in [0.05, 0.1) is 0 Å². The molecule has 3 nitrogen and oxygen atoms in total. The van der Waals surface area contributed by atoms with Gasteiger partial charge in [-0.15, -0.1) is 0 Å². The lowest BCUT2D eigenvalue weighted by atomic mass is 9.91. The third kappa shape index (κ3) is 1.33. The summed E-state index contributed by atoms with van der Waals surface area (Å²) in [4.78, 5) is 13.0. The number of carbonyl (C=O) groups is 1. The lowest BCUT2D eigenvalue weighted by molar-refractivity contribution is -0.136. The molecule has 0 spiro atoms. The molecule has 0 saturated carbocycles. The van der Waals surface area contributed by atoms with E-state index in [9.17, 15) is 9.90 Å². The summed E-state index contributed by atoms with van der Waals surface area (Å²) in [6.07, 6.45) is -0.170. The van der Waals surface area contributed by atoms with E-state index in [4.69, 9.17) is 0 Å². The molecular weight excluding hydrogens is 154 g/mol. The number of carbonyl (C=O) groups excluding carboxylic acids is 1. The van der Waals surface area contributed by atoms with E-state index >= 15 is 0 Å². The van der Waals surface area contributed by atoms with Crippen molar-refractivity contribution in [3.8, 4) is 0 Å². The zero-order valence-electron chi connectivity index (χ0n) is 8.16. The van der Waals surface area contributed by atoms with Gasteiger partial charge in [0.2, 0.25) is 5.91 Å². The van der Waals surface area contributed by atoms with Crippen LogP contribution < -0.4 is 0 Å². The van der Waals surface area contributed by atoms with E-state index < -0.39 is 6.23 Å². The number of amides is 1. The third-order valence-corrected chi connectivity index (χ3v) is 2.41. The zero-order chi connectivity index (χ0) is 9.52. The van der Waals surface area contributed by atoms with Crippen molar-refractivity contribution in [2.75, 3.05) is 0 Å². The number of rotatable bonds is 1. The van der Waals surface area contributed by atoms with Crippen LogP contribution in [0.2, 0.25) is 0 Å². The molecule has 1 aliphatic rings. The molecule has 1 saturated heterocycles. The molecule has 1 atom stereocenters. The van der Waals surface area contributed by atoms with Gasteiger partial charge in [-0.25, -0.2) is 0 Å². The lowest BCUT2D eigenvalue weighted by Crippen LogP contribution is -2.42. The van der Waals surface area contributed by atoms with E-state index in [1.165, 1.54) is 0 Å². The van der Waals surface area contributed by atoms with Crippen molar-refractivity contribution in [1.82, 2.24) is 4.90 Å². The highest BCUT2D eigenvalue weighted by molar-refractivity contribution is 5.80. The molecule has 1 heterocycles. The molecule has 1 aliphatic heterocycles. The van der Waals surface area contributed by atoms with Gasteiger partial charge in [-0.05, 0) is 13.8 Å². The van der Waals surface area contributed by atoms with E-state index in [0.29, 0.717) is 6.42 Å². The summed E-state index contributed by atoms with van der Waals surface area (Å²) in [5.41, 5.74) is -0.290. The zero-order valence-corrected chi connectivity index (χ0v) is 8.16. The first-order chi connectivity index (χ1) is 5.36. The second-order valence-electron chi connectivity index (χ2n) is 4.43. The highest BCUT2D eigenvalue weighted by atomic mass is 16.3. The molecule has 0 aromatic rings. The molecule has 0 aliphatic carbocycles. The summed E-state index contributed by atoms with van der Waals surface area (Å²) in [5.74, 6) is 0.0579. The van der Waals surface area contributed by atoms with Crippen LogP contribution in [0.5, 0.6) is 0 Å². The van der Waals surface area contributed by atoms with Crippen LogP contribution in [0, 0.1) is 5.41 Å². The number of aliphatic hydroxyl groups excluding tert-OH is 1. The molecule has 1 N–H and O–H groups in total. The van der Waals surface area contributed by atoms with Crippen LogP contribution in [0.4, 0.5) is 0 Å². The molecule has 0 aromatic heterocycles. The second kappa shape index (κ2) is 2.73. The Kier molecular flexibility index (Phi) is 2.17. The number of hydrogen-bond donors (Lipinski definition) is 1. The quantitative estimate of drug-likeness (QED) is 0.638. The van der Waals surface area contributed by atoms with E-state index in [0.717, 1.165) is 0 Å². The average molecular weight is 171 g/mol. The minimum Gasteiger partial charge on any atom is -0.373 e. The van der Waals surface area contributed by atoms with Crippen LogP contribution in [-0.2, 0) is 4.79 Å². The number of hydrogen-bond acceptors (Lipinski definition) is 2. The SMILES string of the molecule is CC(C)N1C(=O)CC(C)(C)C1O. The molecule has 3 heteroatoms. The van der Waals surface area contributed by atoms with E-state index in [1.807, 2.05) is 27.7 Å². The van der Waals surface area contributed by atoms with Crippen molar-refractivity contribution in [1.29, 1.82) is 0 Å². The summed E-state index contributed by atoms with van der Waals surface area (Å²) < 4.78 is 0. The van der Waals surface area contributed by atoms with Crippen molar-refractivity contribution in [2.45, 2.75) is 46.4 Å². The predicted octanol–water partition coefficient (Wildman–Crippen LogP) is 0.972. The van der Waals surface area contributed by atoms with Gasteiger partial charge in [0.15, 0.2) is 0 Å². The average Bonchev–Trinajstić information content (AvgIpc) is 2.02. The highest BCUT2D eigenvalue weighted by Gasteiger charge is 2.45. The largest absolute Gasteiger partial charge is 0.373 e. The maximum absolute atomic E-state index is 11.4. The Morgan fingerprint density at radius 2 is 2.08 bits per heavy atom. The normalized spacial score (nSPS) is 28.7. The van der Waals surface area contributed by atoms with Gasteiger partial charge in [0.1, 0.15) is 6.23 Å². The van der Waals surface area contributed by atoms with Crippen LogP contribution in [-0.4, -0.2) is 28.2 Å². The van der Waals surface area contributed by atoms with Gasteiger partial charge in [-0.1, -0.05) is 13.8 Å². The van der Waals surface area contributed by atoms with Crippen LogP contribution in [0.25, 0.3) is 0 Å². The molecule has 0 bridgehead atoms. The summed E-state index contributed by atoms with van der Waals surface area (Å²) in [5, 5.41) is 9.76. The van der Waals surface area contributed by atoms with Crippen LogP contribution in [0.3, 0.4) is 0 Å².